The number of esters is 2. The standard InChI is InChI=1S/C39H36N4O8/c1-24(44)40-36(22-29-10-16-34(17-11-29)50-26(3)46)38(48)42-32-14-8-28(9-15-32)20-31-6-5-7-33(21-31)43-39(49)37(41-25(2)45)23-30-12-18-35(19-13-30)51-27(4)47/h5-19,21-23H,20H2,1-4H3,(H,40,44)(H,41,45)(H,42,48)(H,43,49)/b36-22-,37-23-. The topological polar surface area (TPSA) is 169 Å². The minimum absolute atomic E-state index is 0.0272. The highest BCUT2D eigenvalue weighted by Gasteiger charge is 2.14. The molecule has 4 rings (SSSR count). The number of amides is 4. The van der Waals surface area contributed by atoms with E-state index in [0.29, 0.717) is 40.4 Å². The van der Waals surface area contributed by atoms with Gasteiger partial charge in [-0.3, -0.25) is 28.8 Å². The summed E-state index contributed by atoms with van der Waals surface area (Å²) in [5.74, 6) is -2.10. The summed E-state index contributed by atoms with van der Waals surface area (Å²) >= 11 is 0. The maximum atomic E-state index is 13.2. The van der Waals surface area contributed by atoms with Crippen LogP contribution in [0.5, 0.6) is 11.5 Å². The van der Waals surface area contributed by atoms with Gasteiger partial charge in [-0.25, -0.2) is 0 Å². The molecule has 12 nitrogen and oxygen atoms in total. The fourth-order valence-corrected chi connectivity index (χ4v) is 4.72. The first-order valence-electron chi connectivity index (χ1n) is 15.7. The van der Waals surface area contributed by atoms with Crippen molar-refractivity contribution in [2.75, 3.05) is 10.6 Å². The van der Waals surface area contributed by atoms with Crippen LogP contribution in [-0.2, 0) is 35.2 Å². The molecule has 0 saturated carbocycles. The molecule has 260 valence electrons. The van der Waals surface area contributed by atoms with Crippen molar-refractivity contribution in [3.05, 3.63) is 131 Å². The molecule has 0 spiro atoms. The first-order chi connectivity index (χ1) is 24.3. The highest BCUT2D eigenvalue weighted by Crippen LogP contribution is 2.20. The average Bonchev–Trinajstić information content (AvgIpc) is 3.06. The van der Waals surface area contributed by atoms with Gasteiger partial charge >= 0.3 is 11.9 Å². The Morgan fingerprint density at radius 1 is 0.529 bits per heavy atom. The molecule has 4 amide bonds. The Labute approximate surface area is 294 Å². The Hall–Kier alpha value is -6.82. The van der Waals surface area contributed by atoms with Crippen LogP contribution in [-0.4, -0.2) is 35.6 Å². The van der Waals surface area contributed by atoms with Gasteiger partial charge in [-0.2, -0.15) is 0 Å². The maximum Gasteiger partial charge on any atom is 0.308 e. The molecule has 0 unspecified atom stereocenters. The summed E-state index contributed by atoms with van der Waals surface area (Å²) in [6.07, 6.45) is 3.53. The molecule has 0 aromatic heterocycles. The van der Waals surface area contributed by atoms with E-state index in [4.69, 9.17) is 9.47 Å². The van der Waals surface area contributed by atoms with E-state index in [2.05, 4.69) is 21.3 Å². The fraction of sp³-hybridized carbons (Fsp3) is 0.128. The lowest BCUT2D eigenvalue weighted by Gasteiger charge is -2.12. The summed E-state index contributed by atoms with van der Waals surface area (Å²) in [6, 6.07) is 27.3. The number of nitrogens with one attached hydrogen (secondary N) is 4. The predicted octanol–water partition coefficient (Wildman–Crippen LogP) is 5.36. The molecular formula is C39H36N4O8. The molecule has 0 heterocycles. The number of carbonyl (C=O) groups is 6. The second-order valence-electron chi connectivity index (χ2n) is 11.3. The summed E-state index contributed by atoms with van der Waals surface area (Å²) < 4.78 is 10.1. The highest BCUT2D eigenvalue weighted by atomic mass is 16.5. The normalized spacial score (nSPS) is 11.1. The van der Waals surface area contributed by atoms with Crippen LogP contribution < -0.4 is 30.7 Å². The van der Waals surface area contributed by atoms with Crippen LogP contribution in [0.25, 0.3) is 12.2 Å². The smallest absolute Gasteiger partial charge is 0.308 e. The van der Waals surface area contributed by atoms with Gasteiger partial charge in [0.1, 0.15) is 22.9 Å². The van der Waals surface area contributed by atoms with E-state index < -0.39 is 35.6 Å². The minimum atomic E-state index is -0.530. The Kier molecular flexibility index (Phi) is 12.7. The van der Waals surface area contributed by atoms with Gasteiger partial charge in [0.2, 0.25) is 11.8 Å². The molecule has 0 bridgehead atoms. The van der Waals surface area contributed by atoms with Crippen LogP contribution in [0.2, 0.25) is 0 Å². The van der Waals surface area contributed by atoms with E-state index in [1.54, 1.807) is 72.8 Å². The molecule has 51 heavy (non-hydrogen) atoms. The number of rotatable bonds is 12. The number of anilines is 2. The van der Waals surface area contributed by atoms with Crippen molar-refractivity contribution < 1.29 is 38.2 Å². The van der Waals surface area contributed by atoms with E-state index >= 15 is 0 Å². The monoisotopic (exact) mass is 688 g/mol. The fourth-order valence-electron chi connectivity index (χ4n) is 4.72. The highest BCUT2D eigenvalue weighted by molar-refractivity contribution is 6.09. The molecule has 4 aromatic carbocycles. The molecule has 0 aliphatic carbocycles. The van der Waals surface area contributed by atoms with Crippen molar-refractivity contribution in [2.24, 2.45) is 0 Å². The van der Waals surface area contributed by atoms with E-state index in [-0.39, 0.29) is 11.4 Å². The third kappa shape index (κ3) is 12.3. The van der Waals surface area contributed by atoms with E-state index in [9.17, 15) is 28.8 Å². The number of carbonyl (C=O) groups excluding carboxylic acids is 6. The molecule has 0 aliphatic heterocycles. The first-order valence-corrected chi connectivity index (χ1v) is 15.7. The van der Waals surface area contributed by atoms with Gasteiger partial charge in [-0.05, 0) is 89.4 Å². The number of benzene rings is 4. The Morgan fingerprint density at radius 2 is 0.980 bits per heavy atom. The van der Waals surface area contributed by atoms with Gasteiger partial charge in [0, 0.05) is 39.1 Å². The van der Waals surface area contributed by atoms with Crippen molar-refractivity contribution in [1.82, 2.24) is 10.6 Å². The lowest BCUT2D eigenvalue weighted by molar-refractivity contribution is -0.132. The molecule has 4 aromatic rings. The number of hydrogen-bond acceptors (Lipinski definition) is 8. The molecular weight excluding hydrogens is 652 g/mol. The number of ether oxygens (including phenoxy) is 2. The summed E-state index contributed by atoms with van der Waals surface area (Å²) in [5.41, 5.74) is 4.11. The zero-order valence-corrected chi connectivity index (χ0v) is 28.4. The Bertz CT molecular complexity index is 2000. The van der Waals surface area contributed by atoms with Crippen molar-refractivity contribution in [1.29, 1.82) is 0 Å². The van der Waals surface area contributed by atoms with Crippen molar-refractivity contribution in [3.8, 4) is 11.5 Å². The Morgan fingerprint density at radius 3 is 1.41 bits per heavy atom. The predicted molar refractivity (Wildman–Crippen MR) is 192 cm³/mol. The zero-order valence-electron chi connectivity index (χ0n) is 28.4. The van der Waals surface area contributed by atoms with Gasteiger partial charge < -0.3 is 30.7 Å². The van der Waals surface area contributed by atoms with Crippen LogP contribution in [0.4, 0.5) is 11.4 Å². The van der Waals surface area contributed by atoms with Gasteiger partial charge in [0.25, 0.3) is 11.8 Å². The van der Waals surface area contributed by atoms with Gasteiger partial charge in [-0.15, -0.1) is 0 Å². The molecule has 4 N–H and O–H groups in total. The third-order valence-corrected chi connectivity index (χ3v) is 6.82. The molecule has 0 fully saturated rings. The quantitative estimate of drug-likeness (QED) is 0.0876. The van der Waals surface area contributed by atoms with Crippen LogP contribution >= 0.6 is 0 Å². The van der Waals surface area contributed by atoms with Crippen LogP contribution in [0.15, 0.2) is 108 Å². The lowest BCUT2D eigenvalue weighted by Crippen LogP contribution is -2.29. The molecule has 0 radical (unpaired) electrons. The second-order valence-corrected chi connectivity index (χ2v) is 11.3. The van der Waals surface area contributed by atoms with E-state index in [1.807, 2.05) is 24.3 Å². The van der Waals surface area contributed by atoms with Crippen LogP contribution in [0.1, 0.15) is 49.9 Å². The summed E-state index contributed by atoms with van der Waals surface area (Å²) in [5, 5.41) is 10.7. The molecule has 0 saturated heterocycles. The van der Waals surface area contributed by atoms with E-state index in [1.165, 1.54) is 39.8 Å². The largest absolute Gasteiger partial charge is 0.427 e. The molecule has 0 aliphatic rings. The van der Waals surface area contributed by atoms with Crippen LogP contribution in [0, 0.1) is 0 Å². The number of hydrogen-bond donors (Lipinski definition) is 4. The van der Waals surface area contributed by atoms with Crippen LogP contribution in [0.3, 0.4) is 0 Å². The van der Waals surface area contributed by atoms with E-state index in [0.717, 1.165) is 11.1 Å². The van der Waals surface area contributed by atoms with Gasteiger partial charge in [0.05, 0.1) is 0 Å². The van der Waals surface area contributed by atoms with Crippen molar-refractivity contribution in [3.63, 3.8) is 0 Å². The lowest BCUT2D eigenvalue weighted by atomic mass is 10.0. The first kappa shape index (κ1) is 37.0. The molecule has 0 atom stereocenters. The minimum Gasteiger partial charge on any atom is -0.427 e. The SMILES string of the molecule is CC(=O)N/C(=C\c1ccc(OC(C)=O)cc1)C(=O)Nc1ccc(Cc2cccc(NC(=O)/C(=C/c3ccc(OC(C)=O)cc3)NC(C)=O)c2)cc1. The van der Waals surface area contributed by atoms with Gasteiger partial charge in [-0.1, -0.05) is 48.5 Å². The maximum absolute atomic E-state index is 13.2. The Balaban J connectivity index is 1.41. The summed E-state index contributed by atoms with van der Waals surface area (Å²) in [7, 11) is 0. The second kappa shape index (κ2) is 17.5. The van der Waals surface area contributed by atoms with Gasteiger partial charge in [0.15, 0.2) is 0 Å². The van der Waals surface area contributed by atoms with Crippen molar-refractivity contribution in [2.45, 2.75) is 34.1 Å². The third-order valence-electron chi connectivity index (χ3n) is 6.82. The summed E-state index contributed by atoms with van der Waals surface area (Å²) in [4.78, 5) is 72.3. The average molecular weight is 689 g/mol. The molecule has 12 heteroatoms. The summed E-state index contributed by atoms with van der Waals surface area (Å²) in [6.45, 7) is 5.20. The van der Waals surface area contributed by atoms with Crippen molar-refractivity contribution >= 4 is 59.1 Å². The zero-order chi connectivity index (χ0) is 36.9.